The van der Waals surface area contributed by atoms with Gasteiger partial charge >= 0.3 is 0 Å². The molecule has 92 valence electrons. The number of nitrogens with zero attached hydrogens (tertiary/aromatic N) is 1. The number of pyridine rings is 1. The van der Waals surface area contributed by atoms with Crippen LogP contribution in [0.25, 0.3) is 0 Å². The minimum absolute atomic E-state index is 0.453. The van der Waals surface area contributed by atoms with Gasteiger partial charge in [0.25, 0.3) is 0 Å². The largest absolute Gasteiger partial charge is 0.492 e. The van der Waals surface area contributed by atoms with Gasteiger partial charge in [0, 0.05) is 24.4 Å². The smallest absolute Gasteiger partial charge is 0.150 e. The summed E-state index contributed by atoms with van der Waals surface area (Å²) in [6.45, 7) is 0.532. The molecule has 1 heterocycles. The van der Waals surface area contributed by atoms with Crippen molar-refractivity contribution < 1.29 is 9.53 Å². The molecule has 18 heavy (non-hydrogen) atoms. The zero-order valence-corrected chi connectivity index (χ0v) is 10.4. The van der Waals surface area contributed by atoms with E-state index in [9.17, 15) is 4.79 Å². The van der Waals surface area contributed by atoms with Gasteiger partial charge in [-0.2, -0.15) is 0 Å². The molecule has 0 unspecified atom stereocenters. The first-order valence-electron chi connectivity index (χ1n) is 5.56. The average molecular weight is 262 g/mol. The molecule has 0 N–H and O–H groups in total. The number of halogens is 1. The molecule has 0 fully saturated rings. The van der Waals surface area contributed by atoms with Gasteiger partial charge in [-0.15, -0.1) is 0 Å². The van der Waals surface area contributed by atoms with E-state index in [-0.39, 0.29) is 0 Å². The van der Waals surface area contributed by atoms with Gasteiger partial charge in [0.1, 0.15) is 12.0 Å². The third-order valence-electron chi connectivity index (χ3n) is 2.49. The second-order valence-corrected chi connectivity index (χ2v) is 4.17. The molecule has 1 aromatic carbocycles. The number of hydrogen-bond acceptors (Lipinski definition) is 3. The summed E-state index contributed by atoms with van der Waals surface area (Å²) in [6, 6.07) is 8.87. The maximum absolute atomic E-state index is 10.6. The Morgan fingerprint density at radius 3 is 2.67 bits per heavy atom. The molecule has 0 radical (unpaired) electrons. The minimum atomic E-state index is 0.453. The van der Waals surface area contributed by atoms with Crippen molar-refractivity contribution in [3.63, 3.8) is 0 Å². The van der Waals surface area contributed by atoms with Crippen LogP contribution in [0, 0.1) is 0 Å². The number of carbonyl (C=O) groups excluding carboxylic acids is 1. The first-order valence-corrected chi connectivity index (χ1v) is 5.94. The number of rotatable bonds is 5. The Labute approximate surface area is 110 Å². The van der Waals surface area contributed by atoms with Crippen molar-refractivity contribution in [3.8, 4) is 5.75 Å². The van der Waals surface area contributed by atoms with E-state index in [1.165, 1.54) is 0 Å². The number of ether oxygens (including phenoxy) is 1. The van der Waals surface area contributed by atoms with Crippen LogP contribution in [0.1, 0.15) is 15.9 Å². The highest BCUT2D eigenvalue weighted by Gasteiger charge is 2.02. The van der Waals surface area contributed by atoms with E-state index >= 15 is 0 Å². The Morgan fingerprint density at radius 2 is 2.00 bits per heavy atom. The molecule has 2 aromatic rings. The lowest BCUT2D eigenvalue weighted by Crippen LogP contribution is -2.02. The lowest BCUT2D eigenvalue weighted by Gasteiger charge is -2.08. The molecule has 0 aliphatic rings. The Bertz CT molecular complexity index is 529. The van der Waals surface area contributed by atoms with Gasteiger partial charge in [0.15, 0.2) is 0 Å². The van der Waals surface area contributed by atoms with E-state index in [1.807, 2.05) is 12.1 Å². The first kappa shape index (κ1) is 12.6. The summed E-state index contributed by atoms with van der Waals surface area (Å²) in [5, 5.41) is 0.453. The predicted molar refractivity (Wildman–Crippen MR) is 70.3 cm³/mol. The lowest BCUT2D eigenvalue weighted by atomic mass is 10.2. The summed E-state index contributed by atoms with van der Waals surface area (Å²) < 4.78 is 5.57. The fourth-order valence-electron chi connectivity index (χ4n) is 1.54. The summed E-state index contributed by atoms with van der Waals surface area (Å²) in [7, 11) is 0. The molecule has 0 bridgehead atoms. The highest BCUT2D eigenvalue weighted by molar-refractivity contribution is 6.32. The summed E-state index contributed by atoms with van der Waals surface area (Å²) >= 11 is 6.00. The van der Waals surface area contributed by atoms with Gasteiger partial charge in [0.2, 0.25) is 0 Å². The monoisotopic (exact) mass is 261 g/mol. The molecule has 1 aromatic heterocycles. The molecular weight excluding hydrogens is 250 g/mol. The third-order valence-corrected chi connectivity index (χ3v) is 2.79. The van der Waals surface area contributed by atoms with Crippen molar-refractivity contribution in [1.29, 1.82) is 0 Å². The van der Waals surface area contributed by atoms with Crippen molar-refractivity contribution in [2.45, 2.75) is 6.42 Å². The van der Waals surface area contributed by atoms with E-state index in [1.54, 1.807) is 30.6 Å². The van der Waals surface area contributed by atoms with Gasteiger partial charge in [-0.1, -0.05) is 11.6 Å². The summed E-state index contributed by atoms with van der Waals surface area (Å²) in [5.41, 5.74) is 1.70. The standard InChI is InChI=1S/C14H12ClNO2/c15-13-9-12(10-17)1-2-14(13)18-8-5-11-3-6-16-7-4-11/h1-4,6-7,9-10H,5,8H2. The third kappa shape index (κ3) is 3.31. The van der Waals surface area contributed by atoms with E-state index in [2.05, 4.69) is 4.98 Å². The number of benzene rings is 1. The number of aldehydes is 1. The van der Waals surface area contributed by atoms with E-state index in [0.717, 1.165) is 18.3 Å². The fourth-order valence-corrected chi connectivity index (χ4v) is 1.78. The van der Waals surface area contributed by atoms with Gasteiger partial charge in [-0.05, 0) is 35.9 Å². The van der Waals surface area contributed by atoms with Crippen LogP contribution < -0.4 is 4.74 Å². The van der Waals surface area contributed by atoms with E-state index in [4.69, 9.17) is 16.3 Å². The van der Waals surface area contributed by atoms with Crippen molar-refractivity contribution in [2.75, 3.05) is 6.61 Å². The quantitative estimate of drug-likeness (QED) is 0.776. The zero-order chi connectivity index (χ0) is 12.8. The average Bonchev–Trinajstić information content (AvgIpc) is 2.42. The fraction of sp³-hybridized carbons (Fsp3) is 0.143. The predicted octanol–water partition coefficient (Wildman–Crippen LogP) is 3.17. The maximum atomic E-state index is 10.6. The lowest BCUT2D eigenvalue weighted by molar-refractivity contribution is 0.112. The zero-order valence-electron chi connectivity index (χ0n) is 9.67. The van der Waals surface area contributed by atoms with Gasteiger partial charge in [0.05, 0.1) is 11.6 Å². The molecule has 0 atom stereocenters. The topological polar surface area (TPSA) is 39.2 Å². The van der Waals surface area contributed by atoms with Crippen LogP contribution in [-0.2, 0) is 6.42 Å². The summed E-state index contributed by atoms with van der Waals surface area (Å²) in [4.78, 5) is 14.5. The Balaban J connectivity index is 1.92. The summed E-state index contributed by atoms with van der Waals surface area (Å²) in [5.74, 6) is 0.594. The molecule has 0 aliphatic carbocycles. The SMILES string of the molecule is O=Cc1ccc(OCCc2ccncc2)c(Cl)c1. The van der Waals surface area contributed by atoms with E-state index < -0.39 is 0 Å². The van der Waals surface area contributed by atoms with Crippen LogP contribution in [0.3, 0.4) is 0 Å². The maximum Gasteiger partial charge on any atom is 0.150 e. The second kappa shape index (κ2) is 6.17. The van der Waals surface area contributed by atoms with E-state index in [0.29, 0.717) is 22.9 Å². The molecular formula is C14H12ClNO2. The van der Waals surface area contributed by atoms with Gasteiger partial charge in [-0.25, -0.2) is 0 Å². The minimum Gasteiger partial charge on any atom is -0.492 e. The molecule has 3 nitrogen and oxygen atoms in total. The van der Waals surface area contributed by atoms with Crippen LogP contribution >= 0.6 is 11.6 Å². The van der Waals surface area contributed by atoms with Crippen molar-refractivity contribution in [2.24, 2.45) is 0 Å². The molecule has 0 amide bonds. The number of carbonyl (C=O) groups is 1. The van der Waals surface area contributed by atoms with Crippen LogP contribution in [0.15, 0.2) is 42.7 Å². The Morgan fingerprint density at radius 1 is 1.22 bits per heavy atom. The van der Waals surface area contributed by atoms with Gasteiger partial charge in [-0.3, -0.25) is 9.78 Å². The van der Waals surface area contributed by atoms with Crippen LogP contribution in [0.4, 0.5) is 0 Å². The first-order chi connectivity index (χ1) is 8.79. The molecule has 0 saturated heterocycles. The Hall–Kier alpha value is -1.87. The molecule has 2 rings (SSSR count). The normalized spacial score (nSPS) is 10.1. The molecule has 0 saturated carbocycles. The molecule has 4 heteroatoms. The van der Waals surface area contributed by atoms with Crippen LogP contribution in [0.5, 0.6) is 5.75 Å². The highest BCUT2D eigenvalue weighted by atomic mass is 35.5. The number of aromatic nitrogens is 1. The number of hydrogen-bond donors (Lipinski definition) is 0. The van der Waals surface area contributed by atoms with Crippen molar-refractivity contribution in [1.82, 2.24) is 4.98 Å². The molecule has 0 aliphatic heterocycles. The summed E-state index contributed by atoms with van der Waals surface area (Å²) in [6.07, 6.45) is 5.04. The van der Waals surface area contributed by atoms with Gasteiger partial charge < -0.3 is 4.74 Å². The van der Waals surface area contributed by atoms with Crippen LogP contribution in [0.2, 0.25) is 5.02 Å². The van der Waals surface area contributed by atoms with Crippen LogP contribution in [-0.4, -0.2) is 17.9 Å². The molecule has 0 spiro atoms. The van der Waals surface area contributed by atoms with Crippen molar-refractivity contribution >= 4 is 17.9 Å². The Kier molecular flexibility index (Phi) is 4.31. The van der Waals surface area contributed by atoms with Crippen molar-refractivity contribution in [3.05, 3.63) is 58.9 Å². The second-order valence-electron chi connectivity index (χ2n) is 3.76. The highest BCUT2D eigenvalue weighted by Crippen LogP contribution is 2.24.